The van der Waals surface area contributed by atoms with Crippen LogP contribution >= 0.6 is 11.6 Å². The molecular weight excluding hydrogens is 314 g/mol. The maximum atomic E-state index is 12.2. The Labute approximate surface area is 141 Å². The molecule has 0 unspecified atom stereocenters. The van der Waals surface area contributed by atoms with Gasteiger partial charge in [0.05, 0.1) is 23.2 Å². The van der Waals surface area contributed by atoms with Crippen LogP contribution < -0.4 is 16.0 Å². The first kappa shape index (κ1) is 16.3. The highest BCUT2D eigenvalue weighted by Gasteiger charge is 2.36. The van der Waals surface area contributed by atoms with Gasteiger partial charge in [-0.1, -0.05) is 30.5 Å². The molecule has 0 bridgehead atoms. The van der Waals surface area contributed by atoms with Crippen LogP contribution in [0.25, 0.3) is 0 Å². The van der Waals surface area contributed by atoms with Gasteiger partial charge >= 0.3 is 0 Å². The first-order chi connectivity index (χ1) is 11.0. The zero-order chi connectivity index (χ0) is 16.4. The molecule has 2 amide bonds. The monoisotopic (exact) mass is 335 g/mol. The van der Waals surface area contributed by atoms with Crippen LogP contribution in [0.15, 0.2) is 18.2 Å². The summed E-state index contributed by atoms with van der Waals surface area (Å²) >= 11 is 6.13. The fourth-order valence-electron chi connectivity index (χ4n) is 3.38. The lowest BCUT2D eigenvalue weighted by atomic mass is 9.87. The van der Waals surface area contributed by atoms with E-state index >= 15 is 0 Å². The van der Waals surface area contributed by atoms with E-state index in [4.69, 9.17) is 11.6 Å². The molecule has 0 spiro atoms. The molecule has 0 radical (unpaired) electrons. The molecule has 3 atom stereocenters. The van der Waals surface area contributed by atoms with Gasteiger partial charge in [-0.05, 0) is 37.5 Å². The standard InChI is InChI=1S/C17H22ClN3O2/c1-10-6-7-12(11(18)8-10)20-16(22)9-15-17(23)21-14-5-3-2-4-13(14)19-15/h6-8,13-15,19H,2-5,9H2,1H3,(H,20,22)(H,21,23)/t13-,14+,15-/m0/s1. The molecule has 1 aromatic rings. The highest BCUT2D eigenvalue weighted by molar-refractivity contribution is 6.33. The summed E-state index contributed by atoms with van der Waals surface area (Å²) in [7, 11) is 0. The summed E-state index contributed by atoms with van der Waals surface area (Å²) in [4.78, 5) is 24.4. The van der Waals surface area contributed by atoms with E-state index in [0.29, 0.717) is 10.7 Å². The van der Waals surface area contributed by atoms with Crippen molar-refractivity contribution < 1.29 is 9.59 Å². The third kappa shape index (κ3) is 3.85. The lowest BCUT2D eigenvalue weighted by molar-refractivity contribution is -0.129. The van der Waals surface area contributed by atoms with Gasteiger partial charge in [0.15, 0.2) is 0 Å². The van der Waals surface area contributed by atoms with Gasteiger partial charge < -0.3 is 16.0 Å². The lowest BCUT2D eigenvalue weighted by Gasteiger charge is -2.40. The summed E-state index contributed by atoms with van der Waals surface area (Å²) in [6, 6.07) is 5.48. The minimum atomic E-state index is -0.474. The molecule has 1 saturated carbocycles. The van der Waals surface area contributed by atoms with Crippen LogP contribution in [0.4, 0.5) is 5.69 Å². The Hall–Kier alpha value is -1.59. The summed E-state index contributed by atoms with van der Waals surface area (Å²) in [6.45, 7) is 1.94. The average Bonchev–Trinajstić information content (AvgIpc) is 2.51. The number of carbonyl (C=O) groups excluding carboxylic acids is 2. The number of carbonyl (C=O) groups is 2. The van der Waals surface area contributed by atoms with E-state index in [1.54, 1.807) is 12.1 Å². The molecule has 2 aliphatic rings. The Morgan fingerprint density at radius 3 is 2.78 bits per heavy atom. The first-order valence-corrected chi connectivity index (χ1v) is 8.53. The third-order valence-corrected chi connectivity index (χ3v) is 4.93. The Kier molecular flexibility index (Phi) is 4.87. The Bertz CT molecular complexity index is 620. The van der Waals surface area contributed by atoms with Crippen LogP contribution in [0.1, 0.15) is 37.7 Å². The number of fused-ring (bicyclic) bond motifs is 1. The summed E-state index contributed by atoms with van der Waals surface area (Å²) in [6.07, 6.45) is 4.50. The molecule has 1 aliphatic carbocycles. The summed E-state index contributed by atoms with van der Waals surface area (Å²) in [5, 5.41) is 9.68. The van der Waals surface area contributed by atoms with Gasteiger partial charge in [-0.25, -0.2) is 0 Å². The molecule has 1 heterocycles. The number of amides is 2. The van der Waals surface area contributed by atoms with Crippen LogP contribution in [0, 0.1) is 6.92 Å². The Morgan fingerprint density at radius 2 is 2.04 bits per heavy atom. The molecule has 2 fully saturated rings. The molecule has 5 nitrogen and oxygen atoms in total. The van der Waals surface area contributed by atoms with Crippen molar-refractivity contribution in [2.45, 2.75) is 57.2 Å². The quantitative estimate of drug-likeness (QED) is 0.794. The van der Waals surface area contributed by atoms with Crippen LogP contribution in [0.5, 0.6) is 0 Å². The largest absolute Gasteiger partial charge is 0.350 e. The highest BCUT2D eigenvalue weighted by Crippen LogP contribution is 2.24. The van der Waals surface area contributed by atoms with E-state index in [1.807, 2.05) is 13.0 Å². The number of hydrogen-bond acceptors (Lipinski definition) is 3. The number of halogens is 1. The van der Waals surface area contributed by atoms with Crippen molar-refractivity contribution >= 4 is 29.1 Å². The predicted octanol–water partition coefficient (Wildman–Crippen LogP) is 2.38. The second-order valence-electron chi connectivity index (χ2n) is 6.46. The third-order valence-electron chi connectivity index (χ3n) is 4.61. The zero-order valence-electron chi connectivity index (χ0n) is 13.2. The minimum absolute atomic E-state index is 0.0849. The number of hydrogen-bond donors (Lipinski definition) is 3. The second-order valence-corrected chi connectivity index (χ2v) is 6.87. The summed E-state index contributed by atoms with van der Waals surface area (Å²) < 4.78 is 0. The fourth-order valence-corrected chi connectivity index (χ4v) is 3.66. The molecule has 1 saturated heterocycles. The second kappa shape index (κ2) is 6.89. The van der Waals surface area contributed by atoms with Crippen molar-refractivity contribution in [3.63, 3.8) is 0 Å². The number of benzene rings is 1. The van der Waals surface area contributed by atoms with Crippen LogP contribution in [0.2, 0.25) is 5.02 Å². The van der Waals surface area contributed by atoms with Crippen molar-refractivity contribution in [2.75, 3.05) is 5.32 Å². The SMILES string of the molecule is Cc1ccc(NC(=O)C[C@@H]2N[C@H]3CCCC[C@H]3NC2=O)c(Cl)c1. The molecular formula is C17H22ClN3O2. The molecule has 1 aromatic carbocycles. The van der Waals surface area contributed by atoms with Gasteiger partial charge in [0, 0.05) is 12.1 Å². The molecule has 3 rings (SSSR count). The van der Waals surface area contributed by atoms with Gasteiger partial charge in [-0.15, -0.1) is 0 Å². The van der Waals surface area contributed by atoms with E-state index < -0.39 is 6.04 Å². The van der Waals surface area contributed by atoms with Crippen molar-refractivity contribution in [2.24, 2.45) is 0 Å². The summed E-state index contributed by atoms with van der Waals surface area (Å²) in [5.41, 5.74) is 1.61. The van der Waals surface area contributed by atoms with Crippen molar-refractivity contribution in [1.82, 2.24) is 10.6 Å². The van der Waals surface area contributed by atoms with Gasteiger partial charge in [-0.2, -0.15) is 0 Å². The Balaban J connectivity index is 1.59. The smallest absolute Gasteiger partial charge is 0.237 e. The van der Waals surface area contributed by atoms with E-state index in [-0.39, 0.29) is 30.3 Å². The maximum Gasteiger partial charge on any atom is 0.237 e. The van der Waals surface area contributed by atoms with Crippen LogP contribution in [-0.4, -0.2) is 29.9 Å². The first-order valence-electron chi connectivity index (χ1n) is 8.15. The average molecular weight is 336 g/mol. The van der Waals surface area contributed by atoms with E-state index in [2.05, 4.69) is 16.0 Å². The normalized spacial score (nSPS) is 27.0. The molecule has 6 heteroatoms. The topological polar surface area (TPSA) is 70.2 Å². The molecule has 23 heavy (non-hydrogen) atoms. The van der Waals surface area contributed by atoms with Crippen molar-refractivity contribution in [3.05, 3.63) is 28.8 Å². The van der Waals surface area contributed by atoms with Gasteiger partial charge in [0.25, 0.3) is 0 Å². The number of nitrogens with one attached hydrogen (secondary N) is 3. The van der Waals surface area contributed by atoms with E-state index in [9.17, 15) is 9.59 Å². The van der Waals surface area contributed by atoms with Gasteiger partial charge in [-0.3, -0.25) is 9.59 Å². The van der Waals surface area contributed by atoms with E-state index in [0.717, 1.165) is 24.8 Å². The number of rotatable bonds is 3. The highest BCUT2D eigenvalue weighted by atomic mass is 35.5. The Morgan fingerprint density at radius 1 is 1.30 bits per heavy atom. The maximum absolute atomic E-state index is 12.2. The number of piperazine rings is 1. The number of anilines is 1. The molecule has 3 N–H and O–H groups in total. The molecule has 1 aliphatic heterocycles. The predicted molar refractivity (Wildman–Crippen MR) is 90.5 cm³/mol. The van der Waals surface area contributed by atoms with Crippen LogP contribution in [-0.2, 0) is 9.59 Å². The van der Waals surface area contributed by atoms with E-state index in [1.165, 1.54) is 6.42 Å². The van der Waals surface area contributed by atoms with Crippen molar-refractivity contribution in [3.8, 4) is 0 Å². The minimum Gasteiger partial charge on any atom is -0.350 e. The zero-order valence-corrected chi connectivity index (χ0v) is 14.0. The van der Waals surface area contributed by atoms with Crippen molar-refractivity contribution in [1.29, 1.82) is 0 Å². The molecule has 124 valence electrons. The van der Waals surface area contributed by atoms with Crippen LogP contribution in [0.3, 0.4) is 0 Å². The number of aryl methyl sites for hydroxylation is 1. The fraction of sp³-hybridized carbons (Fsp3) is 0.529. The molecule has 0 aromatic heterocycles. The van der Waals surface area contributed by atoms with Gasteiger partial charge in [0.2, 0.25) is 11.8 Å². The summed E-state index contributed by atoms with van der Waals surface area (Å²) in [5.74, 6) is -0.295. The van der Waals surface area contributed by atoms with Gasteiger partial charge in [0.1, 0.15) is 0 Å². The lowest BCUT2D eigenvalue weighted by Crippen LogP contribution is -2.65.